The number of carbonyl (C=O) groups excluding carboxylic acids is 1. The maximum absolute atomic E-state index is 12.7. The van der Waals surface area contributed by atoms with Crippen LogP contribution >= 0.6 is 0 Å². The molecule has 0 aliphatic heterocycles. The number of hydrogen-bond donors (Lipinski definition) is 2. The Bertz CT molecular complexity index is 581. The second kappa shape index (κ2) is 7.42. The molecule has 5 nitrogen and oxygen atoms in total. The van der Waals surface area contributed by atoms with Crippen molar-refractivity contribution < 1.29 is 13.9 Å². The number of amides is 1. The van der Waals surface area contributed by atoms with E-state index in [2.05, 4.69) is 22.4 Å². The largest absolute Gasteiger partial charge is 0.493 e. The summed E-state index contributed by atoms with van der Waals surface area (Å²) in [5.41, 5.74) is 0.996. The molecule has 0 aliphatic rings. The molecule has 2 rings (SSSR count). The summed E-state index contributed by atoms with van der Waals surface area (Å²) in [5, 5.41) is 9.57. The molecule has 0 bridgehead atoms. The number of carbonyl (C=O) groups is 1. The molecule has 1 aromatic heterocycles. The van der Waals surface area contributed by atoms with Crippen LogP contribution in [-0.4, -0.2) is 22.7 Å². The quantitative estimate of drug-likeness (QED) is 0.824. The van der Waals surface area contributed by atoms with Gasteiger partial charge in [0.2, 0.25) is 5.91 Å². The normalized spacial score (nSPS) is 10.4. The Morgan fingerprint density at radius 3 is 2.86 bits per heavy atom. The van der Waals surface area contributed by atoms with Gasteiger partial charge in [0.1, 0.15) is 11.6 Å². The average molecular weight is 291 g/mol. The number of rotatable bonds is 7. The van der Waals surface area contributed by atoms with Crippen LogP contribution in [0.4, 0.5) is 10.2 Å². The van der Waals surface area contributed by atoms with Gasteiger partial charge in [-0.25, -0.2) is 4.39 Å². The smallest absolute Gasteiger partial charge is 0.229 e. The molecule has 0 saturated heterocycles. The third-order valence-electron chi connectivity index (χ3n) is 2.83. The number of aryl methyl sites for hydroxylation is 1. The predicted octanol–water partition coefficient (Wildman–Crippen LogP) is 2.91. The summed E-state index contributed by atoms with van der Waals surface area (Å²) in [7, 11) is 0. The molecule has 0 fully saturated rings. The van der Waals surface area contributed by atoms with E-state index in [1.807, 2.05) is 6.07 Å². The van der Waals surface area contributed by atoms with Crippen molar-refractivity contribution in [1.82, 2.24) is 10.2 Å². The molecule has 0 unspecified atom stereocenters. The van der Waals surface area contributed by atoms with Gasteiger partial charge in [0, 0.05) is 11.8 Å². The fraction of sp³-hybridized carbons (Fsp3) is 0.333. The molecule has 0 saturated carbocycles. The molecule has 0 atom stereocenters. The summed E-state index contributed by atoms with van der Waals surface area (Å²) >= 11 is 0. The summed E-state index contributed by atoms with van der Waals surface area (Å²) in [5.74, 6) is 0.563. The molecule has 1 amide bonds. The molecule has 6 heteroatoms. The van der Waals surface area contributed by atoms with Gasteiger partial charge in [-0.15, -0.1) is 0 Å². The lowest BCUT2D eigenvalue weighted by atomic mass is 10.2. The first-order chi connectivity index (χ1) is 10.2. The Balaban J connectivity index is 1.72. The SMILES string of the molecule is CCCc1cc(NC(=O)CCOc2ccc(F)cc2)n[nH]1. The lowest BCUT2D eigenvalue weighted by Crippen LogP contribution is -2.15. The number of aromatic amines is 1. The van der Waals surface area contributed by atoms with Gasteiger partial charge in [-0.2, -0.15) is 5.10 Å². The first kappa shape index (κ1) is 15.0. The van der Waals surface area contributed by atoms with Crippen LogP contribution in [0.5, 0.6) is 5.75 Å². The zero-order chi connectivity index (χ0) is 15.1. The maximum atomic E-state index is 12.7. The zero-order valence-electron chi connectivity index (χ0n) is 11.9. The van der Waals surface area contributed by atoms with Gasteiger partial charge in [0.15, 0.2) is 5.82 Å². The number of anilines is 1. The number of H-pyrrole nitrogens is 1. The summed E-state index contributed by atoms with van der Waals surface area (Å²) in [4.78, 5) is 11.7. The highest BCUT2D eigenvalue weighted by atomic mass is 19.1. The van der Waals surface area contributed by atoms with Crippen molar-refractivity contribution in [2.45, 2.75) is 26.2 Å². The minimum absolute atomic E-state index is 0.174. The molecule has 1 aromatic carbocycles. The lowest BCUT2D eigenvalue weighted by Gasteiger charge is -2.05. The molecule has 112 valence electrons. The van der Waals surface area contributed by atoms with E-state index < -0.39 is 0 Å². The van der Waals surface area contributed by atoms with Crippen molar-refractivity contribution in [2.75, 3.05) is 11.9 Å². The molecular weight excluding hydrogens is 273 g/mol. The van der Waals surface area contributed by atoms with Crippen LogP contribution in [0.15, 0.2) is 30.3 Å². The molecule has 21 heavy (non-hydrogen) atoms. The maximum Gasteiger partial charge on any atom is 0.229 e. The van der Waals surface area contributed by atoms with Crippen LogP contribution in [0.3, 0.4) is 0 Å². The zero-order valence-corrected chi connectivity index (χ0v) is 11.9. The van der Waals surface area contributed by atoms with Crippen LogP contribution in [0.1, 0.15) is 25.5 Å². The van der Waals surface area contributed by atoms with Gasteiger partial charge in [0.25, 0.3) is 0 Å². The molecule has 0 aliphatic carbocycles. The van der Waals surface area contributed by atoms with Crippen molar-refractivity contribution >= 4 is 11.7 Å². The van der Waals surface area contributed by atoms with Crippen LogP contribution < -0.4 is 10.1 Å². The second-order valence-electron chi connectivity index (χ2n) is 4.63. The van der Waals surface area contributed by atoms with E-state index in [9.17, 15) is 9.18 Å². The van der Waals surface area contributed by atoms with Crippen LogP contribution in [0, 0.1) is 5.82 Å². The van der Waals surface area contributed by atoms with Gasteiger partial charge in [-0.3, -0.25) is 9.89 Å². The topological polar surface area (TPSA) is 67.0 Å². The van der Waals surface area contributed by atoms with Gasteiger partial charge in [-0.05, 0) is 30.7 Å². The Morgan fingerprint density at radius 1 is 1.38 bits per heavy atom. The van der Waals surface area contributed by atoms with E-state index in [0.29, 0.717) is 11.6 Å². The molecule has 0 spiro atoms. The number of aromatic nitrogens is 2. The molecule has 0 radical (unpaired) electrons. The molecule has 2 aromatic rings. The number of hydrogen-bond acceptors (Lipinski definition) is 3. The van der Waals surface area contributed by atoms with E-state index in [4.69, 9.17) is 4.74 Å². The number of benzene rings is 1. The number of ether oxygens (including phenoxy) is 1. The van der Waals surface area contributed by atoms with E-state index >= 15 is 0 Å². The Morgan fingerprint density at radius 2 is 2.14 bits per heavy atom. The van der Waals surface area contributed by atoms with Crippen LogP contribution in [0.25, 0.3) is 0 Å². The van der Waals surface area contributed by atoms with E-state index in [1.54, 1.807) is 0 Å². The summed E-state index contributed by atoms with van der Waals surface area (Å²) in [6.45, 7) is 2.30. The number of nitrogens with zero attached hydrogens (tertiary/aromatic N) is 1. The fourth-order valence-electron chi connectivity index (χ4n) is 1.82. The van der Waals surface area contributed by atoms with Gasteiger partial charge in [-0.1, -0.05) is 13.3 Å². The van der Waals surface area contributed by atoms with E-state index in [1.165, 1.54) is 24.3 Å². The third-order valence-corrected chi connectivity index (χ3v) is 2.83. The van der Waals surface area contributed by atoms with Crippen molar-refractivity contribution in [3.63, 3.8) is 0 Å². The summed E-state index contributed by atoms with van der Waals surface area (Å²) in [6, 6.07) is 7.50. The van der Waals surface area contributed by atoms with Crippen molar-refractivity contribution in [2.24, 2.45) is 0 Å². The first-order valence-electron chi connectivity index (χ1n) is 6.90. The minimum atomic E-state index is -0.318. The van der Waals surface area contributed by atoms with Crippen molar-refractivity contribution in [3.8, 4) is 5.75 Å². The van der Waals surface area contributed by atoms with Crippen molar-refractivity contribution in [1.29, 1.82) is 0 Å². The first-order valence-corrected chi connectivity index (χ1v) is 6.90. The standard InChI is InChI=1S/C15H18FN3O2/c1-2-3-12-10-14(19-18-12)17-15(20)8-9-21-13-6-4-11(16)5-7-13/h4-7,10H,2-3,8-9H2,1H3,(H2,17,18,19,20). The molecular formula is C15H18FN3O2. The molecule has 2 N–H and O–H groups in total. The van der Waals surface area contributed by atoms with Crippen LogP contribution in [-0.2, 0) is 11.2 Å². The average Bonchev–Trinajstić information content (AvgIpc) is 2.89. The highest BCUT2D eigenvalue weighted by Crippen LogP contribution is 2.11. The lowest BCUT2D eigenvalue weighted by molar-refractivity contribution is -0.116. The Hall–Kier alpha value is -2.37. The minimum Gasteiger partial charge on any atom is -0.493 e. The monoisotopic (exact) mass is 291 g/mol. The summed E-state index contributed by atoms with van der Waals surface area (Å²) in [6.07, 6.45) is 2.12. The van der Waals surface area contributed by atoms with Gasteiger partial charge < -0.3 is 10.1 Å². The van der Waals surface area contributed by atoms with Crippen LogP contribution in [0.2, 0.25) is 0 Å². The number of halogens is 1. The number of nitrogens with one attached hydrogen (secondary N) is 2. The summed E-state index contributed by atoms with van der Waals surface area (Å²) < 4.78 is 18.1. The van der Waals surface area contributed by atoms with E-state index in [-0.39, 0.29) is 24.8 Å². The van der Waals surface area contributed by atoms with Gasteiger partial charge in [0.05, 0.1) is 13.0 Å². The molecule has 1 heterocycles. The van der Waals surface area contributed by atoms with Crippen molar-refractivity contribution in [3.05, 3.63) is 41.8 Å². The third kappa shape index (κ3) is 4.91. The highest BCUT2D eigenvalue weighted by Gasteiger charge is 2.06. The second-order valence-corrected chi connectivity index (χ2v) is 4.63. The predicted molar refractivity (Wildman–Crippen MR) is 77.7 cm³/mol. The highest BCUT2D eigenvalue weighted by molar-refractivity contribution is 5.89. The van der Waals surface area contributed by atoms with E-state index in [0.717, 1.165) is 18.5 Å². The Kier molecular flexibility index (Phi) is 5.31. The Labute approximate surface area is 122 Å². The van der Waals surface area contributed by atoms with Gasteiger partial charge >= 0.3 is 0 Å². The fourth-order valence-corrected chi connectivity index (χ4v) is 1.82.